The van der Waals surface area contributed by atoms with Crippen molar-refractivity contribution in [3.63, 3.8) is 0 Å². The zero-order valence-corrected chi connectivity index (χ0v) is 12.6. The first-order valence-corrected chi connectivity index (χ1v) is 7.21. The van der Waals surface area contributed by atoms with Crippen molar-refractivity contribution in [3.05, 3.63) is 40.5 Å². The van der Waals surface area contributed by atoms with E-state index in [1.165, 1.54) is 11.8 Å². The van der Waals surface area contributed by atoms with E-state index in [1.54, 1.807) is 24.7 Å². The van der Waals surface area contributed by atoms with E-state index in [2.05, 4.69) is 30.9 Å². The highest BCUT2D eigenvalue weighted by Gasteiger charge is 2.12. The second-order valence-corrected chi connectivity index (χ2v) is 5.84. The number of pyridine rings is 1. The molecule has 2 N–H and O–H groups in total. The Labute approximate surface area is 126 Å². The number of nitrogen functional groups attached to an aromatic ring is 1. The summed E-state index contributed by atoms with van der Waals surface area (Å²) in [6.45, 7) is 0. The van der Waals surface area contributed by atoms with Crippen LogP contribution < -0.4 is 5.73 Å². The molecule has 0 aliphatic heterocycles. The average Bonchev–Trinajstić information content (AvgIpc) is 2.88. The molecule has 0 aliphatic carbocycles. The van der Waals surface area contributed by atoms with Crippen LogP contribution in [0.25, 0.3) is 5.65 Å². The standard InChI is InChI=1S/C11H7BrClN5S/c12-7-5-17-11(10-16-3-4-18(7)10)19-6-1-2-15-9(14)8(6)13/h1-5H,(H2,14,15). The number of imidazole rings is 1. The maximum atomic E-state index is 6.13. The SMILES string of the molecule is Nc1nccc(Sc2ncc(Br)n3ccnc23)c1Cl. The van der Waals surface area contributed by atoms with Crippen LogP contribution in [0.4, 0.5) is 5.82 Å². The molecule has 19 heavy (non-hydrogen) atoms. The summed E-state index contributed by atoms with van der Waals surface area (Å²) >= 11 is 10.9. The van der Waals surface area contributed by atoms with Crippen molar-refractivity contribution >= 4 is 50.8 Å². The fraction of sp³-hybridized carbons (Fsp3) is 0. The highest BCUT2D eigenvalue weighted by molar-refractivity contribution is 9.10. The van der Waals surface area contributed by atoms with Crippen molar-refractivity contribution in [2.45, 2.75) is 9.92 Å². The Kier molecular flexibility index (Phi) is 3.34. The molecule has 0 radical (unpaired) electrons. The number of aromatic nitrogens is 4. The zero-order chi connectivity index (χ0) is 13.4. The molecule has 0 unspecified atom stereocenters. The molecule has 3 aromatic heterocycles. The molecule has 5 nitrogen and oxygen atoms in total. The van der Waals surface area contributed by atoms with Crippen LogP contribution in [0.3, 0.4) is 0 Å². The monoisotopic (exact) mass is 355 g/mol. The minimum absolute atomic E-state index is 0.308. The number of hydrogen-bond donors (Lipinski definition) is 1. The van der Waals surface area contributed by atoms with Crippen molar-refractivity contribution in [3.8, 4) is 0 Å². The van der Waals surface area contributed by atoms with Gasteiger partial charge in [-0.3, -0.25) is 4.40 Å². The van der Waals surface area contributed by atoms with Gasteiger partial charge in [0.25, 0.3) is 0 Å². The summed E-state index contributed by atoms with van der Waals surface area (Å²) in [7, 11) is 0. The predicted octanol–water partition coefficient (Wildman–Crippen LogP) is 3.27. The normalized spacial score (nSPS) is 11.1. The molecule has 0 aromatic carbocycles. The van der Waals surface area contributed by atoms with Gasteiger partial charge in [-0.15, -0.1) is 0 Å². The van der Waals surface area contributed by atoms with Gasteiger partial charge in [-0.2, -0.15) is 0 Å². The Morgan fingerprint density at radius 1 is 1.26 bits per heavy atom. The summed E-state index contributed by atoms with van der Waals surface area (Å²) in [5, 5.41) is 1.18. The summed E-state index contributed by atoms with van der Waals surface area (Å²) in [6.07, 6.45) is 6.91. The largest absolute Gasteiger partial charge is 0.382 e. The molecule has 0 atom stereocenters. The van der Waals surface area contributed by atoms with Gasteiger partial charge in [0.15, 0.2) is 5.65 Å². The smallest absolute Gasteiger partial charge is 0.170 e. The number of fused-ring (bicyclic) bond motifs is 1. The fourth-order valence-corrected chi connectivity index (χ4v) is 3.06. The van der Waals surface area contributed by atoms with E-state index in [0.717, 1.165) is 20.2 Å². The lowest BCUT2D eigenvalue weighted by molar-refractivity contribution is 1.01. The maximum Gasteiger partial charge on any atom is 0.170 e. The Bertz CT molecular complexity index is 760. The highest BCUT2D eigenvalue weighted by atomic mass is 79.9. The third kappa shape index (κ3) is 2.29. The van der Waals surface area contributed by atoms with E-state index in [1.807, 2.05) is 10.6 Å². The van der Waals surface area contributed by atoms with Crippen LogP contribution in [0.2, 0.25) is 5.02 Å². The Morgan fingerprint density at radius 2 is 2.11 bits per heavy atom. The van der Waals surface area contributed by atoms with Crippen LogP contribution in [0.1, 0.15) is 0 Å². The highest BCUT2D eigenvalue weighted by Crippen LogP contribution is 2.36. The lowest BCUT2D eigenvalue weighted by Gasteiger charge is -2.06. The first-order chi connectivity index (χ1) is 9.16. The molecule has 0 aliphatic rings. The van der Waals surface area contributed by atoms with Gasteiger partial charge in [0.1, 0.15) is 15.4 Å². The molecule has 0 saturated carbocycles. The fourth-order valence-electron chi connectivity index (χ4n) is 1.56. The van der Waals surface area contributed by atoms with Gasteiger partial charge in [-0.1, -0.05) is 23.4 Å². The second kappa shape index (κ2) is 4.99. The summed E-state index contributed by atoms with van der Waals surface area (Å²) in [5.41, 5.74) is 6.44. The Hall–Kier alpha value is -1.31. The molecular weight excluding hydrogens is 350 g/mol. The van der Waals surface area contributed by atoms with Crippen molar-refractivity contribution < 1.29 is 0 Å². The second-order valence-electron chi connectivity index (χ2n) is 3.62. The molecule has 96 valence electrons. The van der Waals surface area contributed by atoms with Gasteiger partial charge < -0.3 is 5.73 Å². The summed E-state index contributed by atoms with van der Waals surface area (Å²) < 4.78 is 2.73. The van der Waals surface area contributed by atoms with Crippen molar-refractivity contribution in [2.75, 3.05) is 5.73 Å². The van der Waals surface area contributed by atoms with E-state index < -0.39 is 0 Å². The van der Waals surface area contributed by atoms with Crippen molar-refractivity contribution in [1.82, 2.24) is 19.4 Å². The quantitative estimate of drug-likeness (QED) is 0.763. The van der Waals surface area contributed by atoms with Crippen LogP contribution in [-0.4, -0.2) is 19.4 Å². The van der Waals surface area contributed by atoms with Crippen LogP contribution in [-0.2, 0) is 0 Å². The summed E-state index contributed by atoms with van der Waals surface area (Å²) in [5.74, 6) is 0.308. The summed E-state index contributed by atoms with van der Waals surface area (Å²) in [4.78, 5) is 13.4. The molecule has 3 heterocycles. The van der Waals surface area contributed by atoms with Gasteiger partial charge in [0.2, 0.25) is 0 Å². The lowest BCUT2D eigenvalue weighted by atomic mass is 10.5. The van der Waals surface area contributed by atoms with Gasteiger partial charge in [0, 0.05) is 23.5 Å². The third-order valence-corrected chi connectivity index (χ3v) is 4.58. The van der Waals surface area contributed by atoms with E-state index in [9.17, 15) is 0 Å². The van der Waals surface area contributed by atoms with Gasteiger partial charge in [0.05, 0.1) is 11.2 Å². The summed E-state index contributed by atoms with van der Waals surface area (Å²) in [6, 6.07) is 1.80. The first kappa shape index (κ1) is 12.7. The first-order valence-electron chi connectivity index (χ1n) is 5.22. The van der Waals surface area contributed by atoms with Crippen molar-refractivity contribution in [2.24, 2.45) is 0 Å². The molecule has 8 heteroatoms. The number of nitrogens with two attached hydrogens (primary N) is 1. The van der Waals surface area contributed by atoms with Gasteiger partial charge in [-0.05, 0) is 22.0 Å². The molecule has 0 amide bonds. The zero-order valence-electron chi connectivity index (χ0n) is 9.42. The molecule has 0 fully saturated rings. The topological polar surface area (TPSA) is 69.1 Å². The third-order valence-electron chi connectivity index (χ3n) is 2.44. The number of halogens is 2. The minimum Gasteiger partial charge on any atom is -0.382 e. The number of hydrogen-bond acceptors (Lipinski definition) is 5. The minimum atomic E-state index is 0.308. The number of nitrogens with zero attached hydrogens (tertiary/aromatic N) is 4. The van der Waals surface area contributed by atoms with Gasteiger partial charge in [-0.25, -0.2) is 15.0 Å². The van der Waals surface area contributed by atoms with Crippen LogP contribution in [0, 0.1) is 0 Å². The molecule has 3 aromatic rings. The Balaban J connectivity index is 2.09. The molecular formula is C11H7BrClN5S. The molecule has 0 bridgehead atoms. The van der Waals surface area contributed by atoms with E-state index in [0.29, 0.717) is 10.8 Å². The van der Waals surface area contributed by atoms with E-state index in [-0.39, 0.29) is 0 Å². The molecule has 3 rings (SSSR count). The maximum absolute atomic E-state index is 6.13. The lowest BCUT2D eigenvalue weighted by Crippen LogP contribution is -1.94. The van der Waals surface area contributed by atoms with E-state index >= 15 is 0 Å². The Morgan fingerprint density at radius 3 is 2.95 bits per heavy atom. The molecule has 0 saturated heterocycles. The van der Waals surface area contributed by atoms with E-state index in [4.69, 9.17) is 17.3 Å². The van der Waals surface area contributed by atoms with Crippen LogP contribution in [0.15, 0.2) is 45.4 Å². The molecule has 0 spiro atoms. The predicted molar refractivity (Wildman–Crippen MR) is 78.5 cm³/mol. The van der Waals surface area contributed by atoms with Crippen LogP contribution >= 0.6 is 39.3 Å². The average molecular weight is 357 g/mol. The number of anilines is 1. The van der Waals surface area contributed by atoms with Gasteiger partial charge >= 0.3 is 0 Å². The van der Waals surface area contributed by atoms with Crippen LogP contribution in [0.5, 0.6) is 0 Å². The number of rotatable bonds is 2. The van der Waals surface area contributed by atoms with Crippen molar-refractivity contribution in [1.29, 1.82) is 0 Å².